The zero-order valence-corrected chi connectivity index (χ0v) is 10.4. The summed E-state index contributed by atoms with van der Waals surface area (Å²) in [6, 6.07) is 2.29. The topological polar surface area (TPSA) is 55.6 Å². The highest BCUT2D eigenvalue weighted by Gasteiger charge is 2.05. The second-order valence-electron chi connectivity index (χ2n) is 4.27. The Morgan fingerprint density at radius 3 is 2.82 bits per heavy atom. The minimum absolute atomic E-state index is 0.364. The highest BCUT2D eigenvalue weighted by Crippen LogP contribution is 2.08. The van der Waals surface area contributed by atoms with Gasteiger partial charge in [0.25, 0.3) is 0 Å². The first-order chi connectivity index (χ1) is 8.15. The van der Waals surface area contributed by atoms with Crippen molar-refractivity contribution in [2.24, 2.45) is 0 Å². The lowest BCUT2D eigenvalue weighted by atomic mass is 10.4. The van der Waals surface area contributed by atoms with Crippen LogP contribution in [0.1, 0.15) is 25.4 Å². The summed E-state index contributed by atoms with van der Waals surface area (Å²) in [5, 5.41) is 3.30. The number of rotatable bonds is 4. The van der Waals surface area contributed by atoms with Crippen LogP contribution in [0.15, 0.2) is 24.7 Å². The summed E-state index contributed by atoms with van der Waals surface area (Å²) in [6.07, 6.45) is 5.52. The molecular weight excluding hydrogens is 214 g/mol. The molecule has 0 aromatic carbocycles. The molecule has 0 amide bonds. The van der Waals surface area contributed by atoms with Gasteiger partial charge in [0.05, 0.1) is 12.2 Å². The number of nitrogens with zero attached hydrogens (tertiary/aromatic N) is 4. The molecule has 2 aromatic heterocycles. The molecule has 2 aromatic rings. The fourth-order valence-corrected chi connectivity index (χ4v) is 1.60. The largest absolute Gasteiger partial charge is 0.353 e. The number of hydrogen-bond donors (Lipinski definition) is 1. The molecule has 0 spiro atoms. The van der Waals surface area contributed by atoms with Gasteiger partial charge in [-0.2, -0.15) is 0 Å². The number of hydrogen-bond acceptors (Lipinski definition) is 4. The van der Waals surface area contributed by atoms with E-state index in [1.54, 1.807) is 12.4 Å². The van der Waals surface area contributed by atoms with Crippen molar-refractivity contribution in [2.45, 2.75) is 33.4 Å². The van der Waals surface area contributed by atoms with E-state index in [1.165, 1.54) is 0 Å². The van der Waals surface area contributed by atoms with Gasteiger partial charge in [-0.25, -0.2) is 15.0 Å². The monoisotopic (exact) mass is 231 g/mol. The van der Waals surface area contributed by atoms with E-state index in [0.29, 0.717) is 12.6 Å². The Labute approximate surface area is 101 Å². The molecule has 2 heterocycles. The third-order valence-electron chi connectivity index (χ3n) is 2.30. The molecule has 0 atom stereocenters. The molecule has 0 radical (unpaired) electrons. The van der Waals surface area contributed by atoms with Crippen molar-refractivity contribution in [1.29, 1.82) is 0 Å². The SMILES string of the molecule is Cc1nccc(Cn2ccnc2NC(C)C)n1. The highest BCUT2D eigenvalue weighted by atomic mass is 15.2. The van der Waals surface area contributed by atoms with E-state index in [0.717, 1.165) is 17.5 Å². The molecule has 0 aliphatic rings. The van der Waals surface area contributed by atoms with Gasteiger partial charge in [0, 0.05) is 24.6 Å². The van der Waals surface area contributed by atoms with Gasteiger partial charge in [0.1, 0.15) is 5.82 Å². The lowest BCUT2D eigenvalue weighted by molar-refractivity contribution is 0.749. The number of anilines is 1. The number of aromatic nitrogens is 4. The van der Waals surface area contributed by atoms with Gasteiger partial charge in [-0.1, -0.05) is 0 Å². The normalized spacial score (nSPS) is 10.8. The Hall–Kier alpha value is -1.91. The zero-order valence-electron chi connectivity index (χ0n) is 10.4. The van der Waals surface area contributed by atoms with Crippen LogP contribution in [-0.2, 0) is 6.54 Å². The smallest absolute Gasteiger partial charge is 0.203 e. The van der Waals surface area contributed by atoms with E-state index in [4.69, 9.17) is 0 Å². The summed E-state index contributed by atoms with van der Waals surface area (Å²) in [5.74, 6) is 1.66. The molecule has 90 valence electrons. The van der Waals surface area contributed by atoms with Crippen molar-refractivity contribution >= 4 is 5.95 Å². The summed E-state index contributed by atoms with van der Waals surface area (Å²) in [6.45, 7) is 6.78. The average molecular weight is 231 g/mol. The van der Waals surface area contributed by atoms with Gasteiger partial charge in [-0.3, -0.25) is 0 Å². The number of imidazole rings is 1. The zero-order chi connectivity index (χ0) is 12.3. The fourth-order valence-electron chi connectivity index (χ4n) is 1.60. The van der Waals surface area contributed by atoms with E-state index in [2.05, 4.69) is 34.1 Å². The van der Waals surface area contributed by atoms with E-state index in [-0.39, 0.29) is 0 Å². The Kier molecular flexibility index (Phi) is 3.37. The molecule has 0 saturated heterocycles. The highest BCUT2D eigenvalue weighted by molar-refractivity contribution is 5.27. The van der Waals surface area contributed by atoms with Gasteiger partial charge in [-0.05, 0) is 26.8 Å². The van der Waals surface area contributed by atoms with Crippen molar-refractivity contribution < 1.29 is 0 Å². The summed E-state index contributed by atoms with van der Waals surface area (Å²) in [5.41, 5.74) is 0.988. The Balaban J connectivity index is 2.16. The maximum Gasteiger partial charge on any atom is 0.203 e. The van der Waals surface area contributed by atoms with Crippen LogP contribution in [0.5, 0.6) is 0 Å². The molecule has 0 bridgehead atoms. The lowest BCUT2D eigenvalue weighted by Gasteiger charge is -2.11. The quantitative estimate of drug-likeness (QED) is 0.872. The Bertz CT molecular complexity index is 489. The first kappa shape index (κ1) is 11.6. The minimum atomic E-state index is 0.364. The van der Waals surface area contributed by atoms with Gasteiger partial charge in [0.2, 0.25) is 5.95 Å². The summed E-state index contributed by atoms with van der Waals surface area (Å²) in [4.78, 5) is 12.8. The van der Waals surface area contributed by atoms with Crippen LogP contribution in [0, 0.1) is 6.92 Å². The standard InChI is InChI=1S/C12H17N5/c1-9(2)15-12-14-6-7-17(12)8-11-4-5-13-10(3)16-11/h4-7,9H,8H2,1-3H3,(H,14,15). The molecule has 0 unspecified atom stereocenters. The first-order valence-electron chi connectivity index (χ1n) is 5.71. The van der Waals surface area contributed by atoms with Gasteiger partial charge < -0.3 is 9.88 Å². The van der Waals surface area contributed by atoms with Gasteiger partial charge in [0.15, 0.2) is 0 Å². The predicted molar refractivity (Wildman–Crippen MR) is 66.9 cm³/mol. The first-order valence-corrected chi connectivity index (χ1v) is 5.71. The van der Waals surface area contributed by atoms with Crippen LogP contribution >= 0.6 is 0 Å². The van der Waals surface area contributed by atoms with Gasteiger partial charge in [-0.15, -0.1) is 0 Å². The van der Waals surface area contributed by atoms with Crippen LogP contribution in [0.3, 0.4) is 0 Å². The van der Waals surface area contributed by atoms with Crippen molar-refractivity contribution in [1.82, 2.24) is 19.5 Å². The van der Waals surface area contributed by atoms with Crippen molar-refractivity contribution in [2.75, 3.05) is 5.32 Å². The second kappa shape index (κ2) is 4.95. The molecule has 17 heavy (non-hydrogen) atoms. The molecule has 0 aliphatic carbocycles. The van der Waals surface area contributed by atoms with E-state index in [1.807, 2.05) is 23.8 Å². The molecule has 1 N–H and O–H groups in total. The van der Waals surface area contributed by atoms with Crippen LogP contribution in [0.4, 0.5) is 5.95 Å². The maximum absolute atomic E-state index is 4.38. The van der Waals surface area contributed by atoms with E-state index in [9.17, 15) is 0 Å². The number of nitrogens with one attached hydrogen (secondary N) is 1. The molecule has 5 nitrogen and oxygen atoms in total. The van der Waals surface area contributed by atoms with Crippen molar-refractivity contribution in [3.05, 3.63) is 36.2 Å². The molecular formula is C12H17N5. The fraction of sp³-hybridized carbons (Fsp3) is 0.417. The van der Waals surface area contributed by atoms with Crippen molar-refractivity contribution in [3.63, 3.8) is 0 Å². The molecule has 5 heteroatoms. The number of aryl methyl sites for hydroxylation is 1. The van der Waals surface area contributed by atoms with Gasteiger partial charge >= 0.3 is 0 Å². The summed E-state index contributed by atoms with van der Waals surface area (Å²) < 4.78 is 2.04. The van der Waals surface area contributed by atoms with E-state index >= 15 is 0 Å². The Morgan fingerprint density at radius 1 is 1.29 bits per heavy atom. The van der Waals surface area contributed by atoms with Crippen LogP contribution in [0.2, 0.25) is 0 Å². The summed E-state index contributed by atoms with van der Waals surface area (Å²) >= 11 is 0. The predicted octanol–water partition coefficient (Wildman–Crippen LogP) is 1.85. The second-order valence-corrected chi connectivity index (χ2v) is 4.27. The summed E-state index contributed by atoms with van der Waals surface area (Å²) in [7, 11) is 0. The molecule has 0 aliphatic heterocycles. The van der Waals surface area contributed by atoms with Crippen LogP contribution < -0.4 is 5.32 Å². The molecule has 0 saturated carbocycles. The third-order valence-corrected chi connectivity index (χ3v) is 2.30. The van der Waals surface area contributed by atoms with Crippen molar-refractivity contribution in [3.8, 4) is 0 Å². The third kappa shape index (κ3) is 3.03. The minimum Gasteiger partial charge on any atom is -0.353 e. The van der Waals surface area contributed by atoms with Crippen LogP contribution in [-0.4, -0.2) is 25.6 Å². The molecule has 0 fully saturated rings. The Morgan fingerprint density at radius 2 is 2.12 bits per heavy atom. The molecule has 2 rings (SSSR count). The lowest BCUT2D eigenvalue weighted by Crippen LogP contribution is -2.15. The van der Waals surface area contributed by atoms with E-state index < -0.39 is 0 Å². The average Bonchev–Trinajstić information content (AvgIpc) is 2.65. The maximum atomic E-state index is 4.38. The van der Waals surface area contributed by atoms with Crippen LogP contribution in [0.25, 0.3) is 0 Å².